The number of hydrogen-bond acceptors (Lipinski definition) is 4. The van der Waals surface area contributed by atoms with Gasteiger partial charge in [0.05, 0.1) is 6.33 Å². The van der Waals surface area contributed by atoms with Crippen LogP contribution in [0.3, 0.4) is 0 Å². The van der Waals surface area contributed by atoms with Gasteiger partial charge in [-0.3, -0.25) is 0 Å². The molecule has 0 radical (unpaired) electrons. The van der Waals surface area contributed by atoms with Crippen LogP contribution in [-0.4, -0.2) is 26.0 Å². The summed E-state index contributed by atoms with van der Waals surface area (Å²) >= 11 is 5.95. The quantitative estimate of drug-likeness (QED) is 0.845. The van der Waals surface area contributed by atoms with Crippen molar-refractivity contribution in [2.75, 3.05) is 5.32 Å². The summed E-state index contributed by atoms with van der Waals surface area (Å²) in [6.45, 7) is 11.0. The lowest BCUT2D eigenvalue weighted by Crippen LogP contribution is -2.38. The maximum atomic E-state index is 5.95. The molecule has 0 bridgehead atoms. The fraction of sp³-hybridized carbons (Fsp3) is 0.615. The standard InChI is InChI=1S/C13H20ClN5/c1-7(2)9(13(3,4)5)17-11-8-10(16-6-15-8)18-12(14)19-11/h6-7,9H,1-5H3,(H2,15,16,17,18,19)/t9-/m1/s1. The third-order valence-electron chi connectivity index (χ3n) is 3.14. The van der Waals surface area contributed by atoms with E-state index in [-0.39, 0.29) is 16.7 Å². The Morgan fingerprint density at radius 3 is 2.53 bits per heavy atom. The molecule has 2 rings (SSSR count). The Bertz CT molecular complexity index is 570. The molecule has 0 saturated heterocycles. The van der Waals surface area contributed by atoms with E-state index in [1.165, 1.54) is 0 Å². The monoisotopic (exact) mass is 281 g/mol. The van der Waals surface area contributed by atoms with Crippen molar-refractivity contribution in [3.05, 3.63) is 11.6 Å². The minimum absolute atomic E-state index is 0.105. The van der Waals surface area contributed by atoms with Crippen molar-refractivity contribution in [1.82, 2.24) is 19.9 Å². The van der Waals surface area contributed by atoms with Crippen molar-refractivity contribution in [1.29, 1.82) is 0 Å². The van der Waals surface area contributed by atoms with Gasteiger partial charge in [0, 0.05) is 6.04 Å². The van der Waals surface area contributed by atoms with Crippen LogP contribution in [0.25, 0.3) is 11.2 Å². The Hall–Kier alpha value is -1.36. The SMILES string of the molecule is CC(C)[C@@H](Nc1nc(Cl)nc2[nH]cnc12)C(C)(C)C. The van der Waals surface area contributed by atoms with Crippen molar-refractivity contribution < 1.29 is 0 Å². The van der Waals surface area contributed by atoms with E-state index >= 15 is 0 Å². The number of nitrogens with zero attached hydrogens (tertiary/aromatic N) is 3. The van der Waals surface area contributed by atoms with Crippen molar-refractivity contribution in [3.8, 4) is 0 Å². The van der Waals surface area contributed by atoms with E-state index in [0.29, 0.717) is 17.4 Å². The molecule has 0 aliphatic carbocycles. The number of imidazole rings is 1. The maximum absolute atomic E-state index is 5.95. The first-order valence-corrected chi connectivity index (χ1v) is 6.80. The molecule has 0 aliphatic heterocycles. The highest BCUT2D eigenvalue weighted by Gasteiger charge is 2.28. The molecule has 2 aromatic rings. The van der Waals surface area contributed by atoms with Gasteiger partial charge in [-0.1, -0.05) is 34.6 Å². The van der Waals surface area contributed by atoms with Crippen LogP contribution in [0.1, 0.15) is 34.6 Å². The minimum atomic E-state index is 0.105. The van der Waals surface area contributed by atoms with E-state index in [4.69, 9.17) is 11.6 Å². The second-order valence-electron chi connectivity index (χ2n) is 6.17. The number of H-pyrrole nitrogens is 1. The minimum Gasteiger partial charge on any atom is -0.365 e. The first-order valence-electron chi connectivity index (χ1n) is 6.42. The van der Waals surface area contributed by atoms with Crippen LogP contribution in [0.2, 0.25) is 5.28 Å². The summed E-state index contributed by atoms with van der Waals surface area (Å²) < 4.78 is 0. The van der Waals surface area contributed by atoms with Crippen LogP contribution in [0, 0.1) is 11.3 Å². The van der Waals surface area contributed by atoms with Gasteiger partial charge in [0.15, 0.2) is 11.5 Å². The van der Waals surface area contributed by atoms with Crippen molar-refractivity contribution in [2.45, 2.75) is 40.7 Å². The van der Waals surface area contributed by atoms with Crippen LogP contribution in [0.5, 0.6) is 0 Å². The van der Waals surface area contributed by atoms with E-state index < -0.39 is 0 Å². The van der Waals surface area contributed by atoms with Crippen LogP contribution in [0.15, 0.2) is 6.33 Å². The first kappa shape index (κ1) is 14.1. The molecular formula is C13H20ClN5. The van der Waals surface area contributed by atoms with Crippen LogP contribution >= 0.6 is 11.6 Å². The van der Waals surface area contributed by atoms with E-state index in [1.807, 2.05) is 0 Å². The lowest BCUT2D eigenvalue weighted by Gasteiger charge is -2.35. The number of nitrogens with one attached hydrogen (secondary N) is 2. The number of anilines is 1. The second-order valence-corrected chi connectivity index (χ2v) is 6.51. The third kappa shape index (κ3) is 2.97. The van der Waals surface area contributed by atoms with Crippen molar-refractivity contribution in [3.63, 3.8) is 0 Å². The summed E-state index contributed by atoms with van der Waals surface area (Å²) in [6, 6.07) is 0.262. The normalized spacial score (nSPS) is 14.1. The molecule has 0 saturated carbocycles. The van der Waals surface area contributed by atoms with E-state index in [1.54, 1.807) is 6.33 Å². The molecule has 0 unspecified atom stereocenters. The molecule has 0 amide bonds. The fourth-order valence-electron chi connectivity index (χ4n) is 2.44. The Morgan fingerprint density at radius 2 is 1.95 bits per heavy atom. The maximum Gasteiger partial charge on any atom is 0.226 e. The van der Waals surface area contributed by atoms with Gasteiger partial charge in [-0.2, -0.15) is 9.97 Å². The van der Waals surface area contributed by atoms with Crippen molar-refractivity contribution in [2.24, 2.45) is 11.3 Å². The number of aromatic nitrogens is 4. The number of halogens is 1. The van der Waals surface area contributed by atoms with Crippen LogP contribution < -0.4 is 5.32 Å². The third-order valence-corrected chi connectivity index (χ3v) is 3.31. The highest BCUT2D eigenvalue weighted by Crippen LogP contribution is 2.30. The predicted molar refractivity (Wildman–Crippen MR) is 78.4 cm³/mol. The molecule has 0 aliphatic rings. The predicted octanol–water partition coefficient (Wildman–Crippen LogP) is 3.49. The van der Waals surface area contributed by atoms with Gasteiger partial charge in [0.1, 0.15) is 5.52 Å². The summed E-state index contributed by atoms with van der Waals surface area (Å²) in [5.41, 5.74) is 1.48. The Balaban J connectivity index is 2.41. The van der Waals surface area contributed by atoms with Gasteiger partial charge < -0.3 is 10.3 Å². The van der Waals surface area contributed by atoms with Crippen LogP contribution in [0.4, 0.5) is 5.82 Å². The topological polar surface area (TPSA) is 66.5 Å². The van der Waals surface area contributed by atoms with Gasteiger partial charge in [-0.15, -0.1) is 0 Å². The van der Waals surface area contributed by atoms with E-state index in [0.717, 1.165) is 5.52 Å². The van der Waals surface area contributed by atoms with Gasteiger partial charge in [-0.05, 0) is 22.9 Å². The average Bonchev–Trinajstić information content (AvgIpc) is 2.70. The van der Waals surface area contributed by atoms with Gasteiger partial charge in [0.2, 0.25) is 5.28 Å². The average molecular weight is 282 g/mol. The van der Waals surface area contributed by atoms with Gasteiger partial charge in [-0.25, -0.2) is 4.98 Å². The number of rotatable bonds is 3. The summed E-state index contributed by atoms with van der Waals surface area (Å²) in [5.74, 6) is 1.15. The van der Waals surface area contributed by atoms with Gasteiger partial charge in [0.25, 0.3) is 0 Å². The lowest BCUT2D eigenvalue weighted by atomic mass is 9.80. The molecule has 0 spiro atoms. The summed E-state index contributed by atoms with van der Waals surface area (Å²) in [7, 11) is 0. The van der Waals surface area contributed by atoms with E-state index in [9.17, 15) is 0 Å². The largest absolute Gasteiger partial charge is 0.365 e. The zero-order valence-corrected chi connectivity index (χ0v) is 12.7. The summed E-state index contributed by atoms with van der Waals surface area (Å²) in [4.78, 5) is 15.6. The molecule has 1 atom stereocenters. The summed E-state index contributed by atoms with van der Waals surface area (Å²) in [6.07, 6.45) is 1.60. The van der Waals surface area contributed by atoms with Crippen LogP contribution in [-0.2, 0) is 0 Å². The second kappa shape index (κ2) is 4.96. The molecule has 6 heteroatoms. The molecule has 104 valence electrons. The van der Waals surface area contributed by atoms with E-state index in [2.05, 4.69) is 59.9 Å². The first-order chi connectivity index (χ1) is 8.79. The lowest BCUT2D eigenvalue weighted by molar-refractivity contribution is 0.280. The highest BCUT2D eigenvalue weighted by atomic mass is 35.5. The molecule has 2 aromatic heterocycles. The smallest absolute Gasteiger partial charge is 0.226 e. The highest BCUT2D eigenvalue weighted by molar-refractivity contribution is 6.28. The Labute approximate surface area is 118 Å². The summed E-state index contributed by atoms with van der Waals surface area (Å²) in [5, 5.41) is 3.69. The molecule has 2 N–H and O–H groups in total. The number of fused-ring (bicyclic) bond motifs is 1. The number of aromatic amines is 1. The number of hydrogen-bond donors (Lipinski definition) is 2. The Kier molecular flexibility index (Phi) is 3.67. The van der Waals surface area contributed by atoms with Crippen molar-refractivity contribution >= 4 is 28.6 Å². The van der Waals surface area contributed by atoms with Gasteiger partial charge >= 0.3 is 0 Å². The molecule has 2 heterocycles. The molecule has 0 aromatic carbocycles. The molecule has 19 heavy (non-hydrogen) atoms. The molecular weight excluding hydrogens is 262 g/mol. The molecule has 5 nitrogen and oxygen atoms in total. The zero-order chi connectivity index (χ0) is 14.2. The zero-order valence-electron chi connectivity index (χ0n) is 12.0. The fourth-order valence-corrected chi connectivity index (χ4v) is 2.61. The molecule has 0 fully saturated rings. The Morgan fingerprint density at radius 1 is 1.26 bits per heavy atom.